The monoisotopic (exact) mass is 291 g/mol. The fourth-order valence-electron chi connectivity index (χ4n) is 1.79. The van der Waals surface area contributed by atoms with Crippen LogP contribution in [0.2, 0.25) is 0 Å². The molecule has 5 nitrogen and oxygen atoms in total. The molecular weight excluding hydrogens is 274 g/mol. The molecule has 0 radical (unpaired) electrons. The quantitative estimate of drug-likeness (QED) is 0.568. The molecule has 1 atom stereocenters. The zero-order valence-corrected chi connectivity index (χ0v) is 11.8. The Morgan fingerprint density at radius 2 is 2.35 bits per heavy atom. The number of benzene rings is 1. The van der Waals surface area contributed by atoms with Crippen molar-refractivity contribution in [1.82, 2.24) is 0 Å². The zero-order chi connectivity index (χ0) is 14.5. The zero-order valence-electron chi connectivity index (χ0n) is 11.0. The van der Waals surface area contributed by atoms with Gasteiger partial charge < -0.3 is 15.8 Å². The molecule has 0 saturated heterocycles. The number of nitrogens with two attached hydrogens (primary N) is 2. The molecule has 0 spiro atoms. The largest absolute Gasteiger partial charge is 0.471 e. The van der Waals surface area contributed by atoms with Crippen LogP contribution >= 0.6 is 11.8 Å². The van der Waals surface area contributed by atoms with E-state index in [4.69, 9.17) is 16.2 Å². The number of hydrogen-bond donors (Lipinski definition) is 3. The molecule has 1 aromatic carbocycles. The molecule has 2 rings (SSSR count). The molecule has 0 aromatic heterocycles. The van der Waals surface area contributed by atoms with E-state index in [9.17, 15) is 4.79 Å². The van der Waals surface area contributed by atoms with Crippen LogP contribution in [0.4, 0.5) is 5.69 Å². The van der Waals surface area contributed by atoms with Gasteiger partial charge in [-0.3, -0.25) is 10.5 Å². The van der Waals surface area contributed by atoms with E-state index in [1.165, 1.54) is 6.08 Å². The average molecular weight is 291 g/mol. The second-order valence-corrected chi connectivity index (χ2v) is 5.38. The third kappa shape index (κ3) is 3.55. The molecule has 1 aromatic rings. The number of carbonyl (C=O) groups is 1. The van der Waals surface area contributed by atoms with E-state index in [1.807, 2.05) is 0 Å². The number of amides is 1. The van der Waals surface area contributed by atoms with Crippen LogP contribution in [-0.4, -0.2) is 17.9 Å². The predicted octanol–water partition coefficient (Wildman–Crippen LogP) is 1.78. The van der Waals surface area contributed by atoms with Crippen LogP contribution in [0.25, 0.3) is 0 Å². The van der Waals surface area contributed by atoms with E-state index in [0.717, 1.165) is 22.8 Å². The van der Waals surface area contributed by atoms with Gasteiger partial charge in [-0.2, -0.15) is 0 Å². The van der Waals surface area contributed by atoms with Crippen molar-refractivity contribution in [3.8, 4) is 5.75 Å². The molecule has 1 heterocycles. The standard InChI is InChI=1S/C14H17N3O2S/c1-2-12(18)17-9-4-3-5-10(8-9)19-14(16)13-11(15)6-7-20-13/h2-5,8,14H,1,6-7,15-16H2,(H,17,18). The number of ether oxygens (including phenoxy) is 1. The molecule has 0 fully saturated rings. The Hall–Kier alpha value is -1.92. The van der Waals surface area contributed by atoms with Gasteiger partial charge in [0, 0.05) is 23.2 Å². The van der Waals surface area contributed by atoms with Gasteiger partial charge in [0.1, 0.15) is 5.75 Å². The lowest BCUT2D eigenvalue weighted by Gasteiger charge is -2.16. The fraction of sp³-hybridized carbons (Fsp3) is 0.214. The van der Waals surface area contributed by atoms with Gasteiger partial charge in [0.25, 0.3) is 0 Å². The van der Waals surface area contributed by atoms with Crippen molar-refractivity contribution in [3.05, 3.63) is 47.5 Å². The van der Waals surface area contributed by atoms with Gasteiger partial charge in [0.2, 0.25) is 5.91 Å². The van der Waals surface area contributed by atoms with Crippen molar-refractivity contribution in [2.75, 3.05) is 11.1 Å². The lowest BCUT2D eigenvalue weighted by molar-refractivity contribution is -0.111. The smallest absolute Gasteiger partial charge is 0.247 e. The van der Waals surface area contributed by atoms with Crippen molar-refractivity contribution >= 4 is 23.4 Å². The first-order chi connectivity index (χ1) is 9.60. The number of thioether (sulfide) groups is 1. The summed E-state index contributed by atoms with van der Waals surface area (Å²) in [5.74, 6) is 1.24. The van der Waals surface area contributed by atoms with Gasteiger partial charge in [-0.1, -0.05) is 12.6 Å². The number of nitrogens with one attached hydrogen (secondary N) is 1. The molecule has 5 N–H and O–H groups in total. The average Bonchev–Trinajstić information content (AvgIpc) is 2.85. The lowest BCUT2D eigenvalue weighted by atomic mass is 10.3. The van der Waals surface area contributed by atoms with Crippen LogP contribution in [0, 0.1) is 0 Å². The van der Waals surface area contributed by atoms with E-state index in [0.29, 0.717) is 11.4 Å². The minimum Gasteiger partial charge on any atom is -0.471 e. The van der Waals surface area contributed by atoms with Crippen molar-refractivity contribution in [2.24, 2.45) is 11.5 Å². The fourth-order valence-corrected chi connectivity index (χ4v) is 2.83. The first-order valence-electron chi connectivity index (χ1n) is 6.17. The highest BCUT2D eigenvalue weighted by atomic mass is 32.2. The molecule has 20 heavy (non-hydrogen) atoms. The van der Waals surface area contributed by atoms with Gasteiger partial charge in [-0.15, -0.1) is 11.8 Å². The second-order valence-electron chi connectivity index (χ2n) is 4.25. The van der Waals surface area contributed by atoms with Gasteiger partial charge in [0.15, 0.2) is 6.23 Å². The molecule has 0 saturated carbocycles. The number of allylic oxidation sites excluding steroid dienone is 1. The van der Waals surface area contributed by atoms with Crippen LogP contribution < -0.4 is 21.5 Å². The highest BCUT2D eigenvalue weighted by molar-refractivity contribution is 8.03. The van der Waals surface area contributed by atoms with E-state index in [1.54, 1.807) is 36.0 Å². The maximum Gasteiger partial charge on any atom is 0.247 e. The van der Waals surface area contributed by atoms with E-state index >= 15 is 0 Å². The predicted molar refractivity (Wildman–Crippen MR) is 82.2 cm³/mol. The highest BCUT2D eigenvalue weighted by Gasteiger charge is 2.20. The maximum atomic E-state index is 11.2. The first-order valence-corrected chi connectivity index (χ1v) is 7.15. The van der Waals surface area contributed by atoms with Crippen molar-refractivity contribution in [3.63, 3.8) is 0 Å². The molecule has 1 aliphatic rings. The summed E-state index contributed by atoms with van der Waals surface area (Å²) in [7, 11) is 0. The lowest BCUT2D eigenvalue weighted by Crippen LogP contribution is -2.29. The molecule has 6 heteroatoms. The molecular formula is C14H17N3O2S. The second kappa shape index (κ2) is 6.49. The van der Waals surface area contributed by atoms with Gasteiger partial charge in [0.05, 0.1) is 4.91 Å². The summed E-state index contributed by atoms with van der Waals surface area (Å²) in [5, 5.41) is 2.66. The van der Waals surface area contributed by atoms with Crippen LogP contribution in [0.3, 0.4) is 0 Å². The minimum absolute atomic E-state index is 0.273. The SMILES string of the molecule is C=CC(=O)Nc1cccc(OC(N)C2=C(N)CCS2)c1. The molecule has 106 valence electrons. The summed E-state index contributed by atoms with van der Waals surface area (Å²) in [6, 6.07) is 7.02. The summed E-state index contributed by atoms with van der Waals surface area (Å²) in [4.78, 5) is 12.1. The van der Waals surface area contributed by atoms with E-state index in [-0.39, 0.29) is 5.91 Å². The Morgan fingerprint density at radius 1 is 1.55 bits per heavy atom. The number of hydrogen-bond acceptors (Lipinski definition) is 5. The van der Waals surface area contributed by atoms with Crippen molar-refractivity contribution in [2.45, 2.75) is 12.6 Å². The van der Waals surface area contributed by atoms with Gasteiger partial charge in [-0.05, 0) is 24.6 Å². The van der Waals surface area contributed by atoms with Gasteiger partial charge >= 0.3 is 0 Å². The van der Waals surface area contributed by atoms with Gasteiger partial charge in [-0.25, -0.2) is 0 Å². The van der Waals surface area contributed by atoms with Crippen LogP contribution in [0.5, 0.6) is 5.75 Å². The Labute approximate surface area is 122 Å². The number of rotatable bonds is 5. The molecule has 0 bridgehead atoms. The third-order valence-electron chi connectivity index (χ3n) is 2.75. The normalized spacial score (nSPS) is 15.8. The summed E-state index contributed by atoms with van der Waals surface area (Å²) >= 11 is 1.62. The molecule has 1 amide bonds. The Morgan fingerprint density at radius 3 is 3.00 bits per heavy atom. The summed E-state index contributed by atoms with van der Waals surface area (Å²) < 4.78 is 5.67. The van der Waals surface area contributed by atoms with Crippen molar-refractivity contribution in [1.29, 1.82) is 0 Å². The summed E-state index contributed by atoms with van der Waals surface area (Å²) in [6.45, 7) is 3.40. The Balaban J connectivity index is 2.06. The minimum atomic E-state index is -0.576. The topological polar surface area (TPSA) is 90.4 Å². The summed E-state index contributed by atoms with van der Waals surface area (Å²) in [5.41, 5.74) is 13.3. The molecule has 1 unspecified atom stereocenters. The molecule has 1 aliphatic heterocycles. The van der Waals surface area contributed by atoms with E-state index < -0.39 is 6.23 Å². The third-order valence-corrected chi connectivity index (χ3v) is 3.97. The number of carbonyl (C=O) groups excluding carboxylic acids is 1. The molecule has 0 aliphatic carbocycles. The number of anilines is 1. The maximum absolute atomic E-state index is 11.2. The van der Waals surface area contributed by atoms with Crippen LogP contribution in [0.1, 0.15) is 6.42 Å². The van der Waals surface area contributed by atoms with Crippen LogP contribution in [-0.2, 0) is 4.79 Å². The van der Waals surface area contributed by atoms with Crippen molar-refractivity contribution < 1.29 is 9.53 Å². The Kier molecular flexibility index (Phi) is 4.70. The Bertz CT molecular complexity index is 557. The van der Waals surface area contributed by atoms with E-state index in [2.05, 4.69) is 11.9 Å². The highest BCUT2D eigenvalue weighted by Crippen LogP contribution is 2.31. The first kappa shape index (κ1) is 14.5. The summed E-state index contributed by atoms with van der Waals surface area (Å²) in [6.07, 6.45) is 1.47. The van der Waals surface area contributed by atoms with Crippen LogP contribution in [0.15, 0.2) is 47.5 Å².